The van der Waals surface area contributed by atoms with Crippen molar-refractivity contribution in [3.63, 3.8) is 0 Å². The maximum absolute atomic E-state index is 13.5. The average Bonchev–Trinajstić information content (AvgIpc) is 3.22. The SMILES string of the molecule is CCOC(=O)c1cc(-c2ccccc2Cl)c(C(=O)OCC)cc1-c1ccc(N(c2ccc(C3=CCCC=C3)cc2)c2ccc(-c3ccccc3)cc2)cc1. The Morgan fingerprint density at radius 1 is 0.556 bits per heavy atom. The Labute approximate surface area is 321 Å². The van der Waals surface area contributed by atoms with E-state index in [9.17, 15) is 9.59 Å². The molecule has 268 valence electrons. The molecule has 0 radical (unpaired) electrons. The quantitative estimate of drug-likeness (QED) is 0.124. The van der Waals surface area contributed by atoms with Crippen LogP contribution in [0.5, 0.6) is 0 Å². The number of carbonyl (C=O) groups is 2. The van der Waals surface area contributed by atoms with Crippen LogP contribution in [0.2, 0.25) is 5.02 Å². The van der Waals surface area contributed by atoms with Gasteiger partial charge >= 0.3 is 11.9 Å². The number of ether oxygens (including phenoxy) is 2. The molecule has 0 heterocycles. The predicted molar refractivity (Wildman–Crippen MR) is 221 cm³/mol. The lowest BCUT2D eigenvalue weighted by Gasteiger charge is -2.26. The van der Waals surface area contributed by atoms with E-state index < -0.39 is 11.9 Å². The third kappa shape index (κ3) is 7.78. The maximum Gasteiger partial charge on any atom is 0.338 e. The first-order valence-corrected chi connectivity index (χ1v) is 18.6. The molecular weight excluding hydrogens is 690 g/mol. The van der Waals surface area contributed by atoms with Gasteiger partial charge in [-0.15, -0.1) is 0 Å². The molecule has 0 spiro atoms. The van der Waals surface area contributed by atoms with E-state index in [0.717, 1.165) is 46.6 Å². The largest absolute Gasteiger partial charge is 0.462 e. The van der Waals surface area contributed by atoms with Crippen LogP contribution in [0.25, 0.3) is 39.0 Å². The molecule has 6 heteroatoms. The molecule has 5 nitrogen and oxygen atoms in total. The Morgan fingerprint density at radius 3 is 1.61 bits per heavy atom. The Hall–Kier alpha value is -6.17. The zero-order chi connectivity index (χ0) is 37.4. The highest BCUT2D eigenvalue weighted by Gasteiger charge is 2.24. The van der Waals surface area contributed by atoms with Gasteiger partial charge in [0.25, 0.3) is 0 Å². The van der Waals surface area contributed by atoms with E-state index in [1.165, 1.54) is 11.1 Å². The van der Waals surface area contributed by atoms with E-state index >= 15 is 0 Å². The monoisotopic (exact) mass is 729 g/mol. The summed E-state index contributed by atoms with van der Waals surface area (Å²) in [6, 6.07) is 46.1. The normalized spacial score (nSPS) is 12.2. The smallest absolute Gasteiger partial charge is 0.338 e. The van der Waals surface area contributed by atoms with Crippen molar-refractivity contribution < 1.29 is 19.1 Å². The van der Waals surface area contributed by atoms with Crippen LogP contribution < -0.4 is 4.90 Å². The summed E-state index contributed by atoms with van der Waals surface area (Å²) in [7, 11) is 0. The highest BCUT2D eigenvalue weighted by molar-refractivity contribution is 6.33. The first-order valence-electron chi connectivity index (χ1n) is 18.3. The second-order valence-corrected chi connectivity index (χ2v) is 13.3. The van der Waals surface area contributed by atoms with Crippen molar-refractivity contribution >= 4 is 46.2 Å². The predicted octanol–water partition coefficient (Wildman–Crippen LogP) is 12.9. The number of hydrogen-bond donors (Lipinski definition) is 0. The van der Waals surface area contributed by atoms with Gasteiger partial charge in [-0.2, -0.15) is 0 Å². The lowest BCUT2D eigenvalue weighted by Crippen LogP contribution is -2.12. The summed E-state index contributed by atoms with van der Waals surface area (Å²) in [5.74, 6) is -1.00. The van der Waals surface area contributed by atoms with Crippen LogP contribution in [-0.2, 0) is 9.47 Å². The topological polar surface area (TPSA) is 55.8 Å². The minimum absolute atomic E-state index is 0.196. The van der Waals surface area contributed by atoms with E-state index in [1.54, 1.807) is 32.0 Å². The fraction of sp³-hybridized carbons (Fsp3) is 0.125. The molecule has 6 aromatic rings. The summed E-state index contributed by atoms with van der Waals surface area (Å²) < 4.78 is 11.0. The Bertz CT molecular complexity index is 2330. The molecule has 0 amide bonds. The number of carbonyl (C=O) groups excluding carboxylic acids is 2. The van der Waals surface area contributed by atoms with Crippen LogP contribution >= 0.6 is 11.6 Å². The number of hydrogen-bond acceptors (Lipinski definition) is 5. The van der Waals surface area contributed by atoms with Gasteiger partial charge in [0, 0.05) is 27.6 Å². The van der Waals surface area contributed by atoms with Crippen molar-refractivity contribution in [1.82, 2.24) is 0 Å². The molecule has 0 aromatic heterocycles. The van der Waals surface area contributed by atoms with E-state index in [1.807, 2.05) is 60.7 Å². The molecule has 0 bridgehead atoms. The summed E-state index contributed by atoms with van der Waals surface area (Å²) in [5, 5.41) is 0.451. The summed E-state index contributed by atoms with van der Waals surface area (Å²) >= 11 is 6.62. The number of nitrogens with zero attached hydrogens (tertiary/aromatic N) is 1. The third-order valence-electron chi connectivity index (χ3n) is 9.44. The van der Waals surface area contributed by atoms with Crippen LogP contribution in [0.15, 0.2) is 158 Å². The molecule has 0 atom stereocenters. The fourth-order valence-corrected chi connectivity index (χ4v) is 7.04. The van der Waals surface area contributed by atoms with E-state index in [-0.39, 0.29) is 13.2 Å². The summed E-state index contributed by atoms with van der Waals surface area (Å²) in [5.41, 5.74) is 10.6. The van der Waals surface area contributed by atoms with Crippen molar-refractivity contribution in [2.24, 2.45) is 0 Å². The van der Waals surface area contributed by atoms with Crippen LogP contribution in [0, 0.1) is 0 Å². The Kier molecular flexibility index (Phi) is 11.2. The van der Waals surface area contributed by atoms with Gasteiger partial charge in [0.15, 0.2) is 0 Å². The zero-order valence-electron chi connectivity index (χ0n) is 30.3. The molecule has 0 fully saturated rings. The van der Waals surface area contributed by atoms with Gasteiger partial charge in [0.1, 0.15) is 0 Å². The maximum atomic E-state index is 13.5. The number of esters is 2. The van der Waals surface area contributed by atoms with Gasteiger partial charge in [-0.25, -0.2) is 9.59 Å². The molecular formula is C48H40ClNO4. The van der Waals surface area contributed by atoms with Gasteiger partial charge < -0.3 is 14.4 Å². The fourth-order valence-electron chi connectivity index (χ4n) is 6.80. The van der Waals surface area contributed by atoms with E-state index in [0.29, 0.717) is 32.8 Å². The molecule has 0 saturated heterocycles. The standard InChI is InChI=1S/C48H40ClNO4/c1-3-53-47(51)44-32-43(41-17-11-12-18-46(41)49)45(48(52)54-4-2)31-42(44)37-23-29-40(30-24-37)50(38-25-19-35(20-26-38)33-13-7-5-8-14-33)39-27-21-36(22-28-39)34-15-9-6-10-16-34/h5,7-9,11-32H,3-4,6,10H2,1-2H3. The first kappa shape index (κ1) is 36.2. The number of anilines is 3. The van der Waals surface area contributed by atoms with Crippen LogP contribution in [-0.4, -0.2) is 25.2 Å². The number of halogens is 1. The van der Waals surface area contributed by atoms with E-state index in [2.05, 4.69) is 83.8 Å². The minimum atomic E-state index is -0.506. The zero-order valence-corrected chi connectivity index (χ0v) is 31.1. The summed E-state index contributed by atoms with van der Waals surface area (Å²) in [4.78, 5) is 29.2. The van der Waals surface area contributed by atoms with Crippen molar-refractivity contribution in [3.05, 3.63) is 179 Å². The minimum Gasteiger partial charge on any atom is -0.462 e. The number of allylic oxidation sites excluding steroid dienone is 4. The van der Waals surface area contributed by atoms with Gasteiger partial charge in [0.05, 0.1) is 24.3 Å². The Morgan fingerprint density at radius 2 is 1.06 bits per heavy atom. The molecule has 6 aromatic carbocycles. The molecule has 0 aliphatic heterocycles. The van der Waals surface area contributed by atoms with Gasteiger partial charge in [0.2, 0.25) is 0 Å². The third-order valence-corrected chi connectivity index (χ3v) is 9.76. The Balaban J connectivity index is 1.32. The van der Waals surface area contributed by atoms with Gasteiger partial charge in [-0.05, 0) is 120 Å². The molecule has 0 unspecified atom stereocenters. The lowest BCUT2D eigenvalue weighted by atomic mass is 9.90. The van der Waals surface area contributed by atoms with E-state index in [4.69, 9.17) is 21.1 Å². The van der Waals surface area contributed by atoms with Crippen molar-refractivity contribution in [3.8, 4) is 33.4 Å². The molecule has 7 rings (SSSR count). The van der Waals surface area contributed by atoms with Crippen LogP contribution in [0.1, 0.15) is 53.0 Å². The highest BCUT2D eigenvalue weighted by atomic mass is 35.5. The van der Waals surface area contributed by atoms with Crippen molar-refractivity contribution in [2.75, 3.05) is 18.1 Å². The number of benzene rings is 6. The van der Waals surface area contributed by atoms with Gasteiger partial charge in [-0.3, -0.25) is 0 Å². The molecule has 1 aliphatic rings. The first-order chi connectivity index (χ1) is 26.4. The molecule has 1 aliphatic carbocycles. The summed E-state index contributed by atoms with van der Waals surface area (Å²) in [6.07, 6.45) is 8.81. The van der Waals surface area contributed by atoms with Crippen LogP contribution in [0.3, 0.4) is 0 Å². The summed E-state index contributed by atoms with van der Waals surface area (Å²) in [6.45, 7) is 3.92. The molecule has 0 N–H and O–H groups in total. The van der Waals surface area contributed by atoms with Crippen LogP contribution in [0.4, 0.5) is 17.1 Å². The van der Waals surface area contributed by atoms with Gasteiger partial charge in [-0.1, -0.05) is 115 Å². The average molecular weight is 730 g/mol. The lowest BCUT2D eigenvalue weighted by molar-refractivity contribution is 0.0513. The number of rotatable bonds is 11. The molecule has 0 saturated carbocycles. The second-order valence-electron chi connectivity index (χ2n) is 12.8. The molecule has 54 heavy (non-hydrogen) atoms. The van der Waals surface area contributed by atoms with Crippen molar-refractivity contribution in [1.29, 1.82) is 0 Å². The second kappa shape index (κ2) is 16.7. The highest BCUT2D eigenvalue weighted by Crippen LogP contribution is 2.40. The van der Waals surface area contributed by atoms with Crippen molar-refractivity contribution in [2.45, 2.75) is 26.7 Å².